The summed E-state index contributed by atoms with van der Waals surface area (Å²) in [5.41, 5.74) is 0.533. The lowest BCUT2D eigenvalue weighted by atomic mass is 10.2. The van der Waals surface area contributed by atoms with E-state index in [1.54, 1.807) is 23.0 Å². The lowest BCUT2D eigenvalue weighted by Gasteiger charge is -2.17. The Morgan fingerprint density at radius 2 is 2.21 bits per heavy atom. The van der Waals surface area contributed by atoms with Gasteiger partial charge in [-0.3, -0.25) is 14.2 Å². The van der Waals surface area contributed by atoms with Crippen molar-refractivity contribution in [2.24, 2.45) is 0 Å². The SMILES string of the molecule is C[C@@H](NC(=O)CSc1nc2ccccc2c(=O)n1C[C@H]1CCCO1)c1ccco1. The van der Waals surface area contributed by atoms with Crippen molar-refractivity contribution in [1.82, 2.24) is 14.9 Å². The number of aromatic nitrogens is 2. The van der Waals surface area contributed by atoms with Gasteiger partial charge in [-0.1, -0.05) is 23.9 Å². The molecule has 29 heavy (non-hydrogen) atoms. The van der Waals surface area contributed by atoms with Crippen LogP contribution in [0.3, 0.4) is 0 Å². The molecule has 2 aromatic heterocycles. The van der Waals surface area contributed by atoms with E-state index in [0.29, 0.717) is 28.4 Å². The largest absolute Gasteiger partial charge is 0.467 e. The number of amides is 1. The van der Waals surface area contributed by atoms with Crippen LogP contribution in [-0.2, 0) is 16.1 Å². The molecule has 1 fully saturated rings. The summed E-state index contributed by atoms with van der Waals surface area (Å²) in [6, 6.07) is 10.7. The van der Waals surface area contributed by atoms with Crippen LogP contribution in [0.4, 0.5) is 0 Å². The molecule has 2 atom stereocenters. The number of furan rings is 1. The summed E-state index contributed by atoms with van der Waals surface area (Å²) < 4.78 is 12.7. The highest BCUT2D eigenvalue weighted by Gasteiger charge is 2.21. The number of fused-ring (bicyclic) bond motifs is 1. The van der Waals surface area contributed by atoms with E-state index in [2.05, 4.69) is 10.3 Å². The van der Waals surface area contributed by atoms with Crippen molar-refractivity contribution in [3.05, 3.63) is 58.8 Å². The molecular weight excluding hydrogens is 390 g/mol. The fourth-order valence-electron chi connectivity index (χ4n) is 3.43. The van der Waals surface area contributed by atoms with Crippen molar-refractivity contribution in [3.8, 4) is 0 Å². The quantitative estimate of drug-likeness (QED) is 0.473. The smallest absolute Gasteiger partial charge is 0.262 e. The third-order valence-electron chi connectivity index (χ3n) is 4.92. The standard InChI is InChI=1S/C21H23N3O4S/c1-14(18-9-5-11-28-18)22-19(25)13-29-21-23-17-8-3-2-7-16(17)20(26)24(21)12-15-6-4-10-27-15/h2-3,5,7-9,11,14-15H,4,6,10,12-13H2,1H3,(H,22,25)/t14-,15-/m1/s1. The third-order valence-corrected chi connectivity index (χ3v) is 5.89. The van der Waals surface area contributed by atoms with Gasteiger partial charge in [-0.05, 0) is 44.0 Å². The van der Waals surface area contributed by atoms with Crippen LogP contribution in [0.25, 0.3) is 10.9 Å². The van der Waals surface area contributed by atoms with Gasteiger partial charge < -0.3 is 14.5 Å². The Morgan fingerprint density at radius 3 is 2.97 bits per heavy atom. The Morgan fingerprint density at radius 1 is 1.34 bits per heavy atom. The number of ether oxygens (including phenoxy) is 1. The number of carbonyl (C=O) groups excluding carboxylic acids is 1. The van der Waals surface area contributed by atoms with E-state index < -0.39 is 0 Å². The molecule has 7 nitrogen and oxygen atoms in total. The van der Waals surface area contributed by atoms with E-state index >= 15 is 0 Å². The first-order chi connectivity index (χ1) is 14.1. The number of nitrogens with zero attached hydrogens (tertiary/aromatic N) is 2. The Kier molecular flexibility index (Phi) is 6.01. The predicted molar refractivity (Wildman–Crippen MR) is 111 cm³/mol. The van der Waals surface area contributed by atoms with Gasteiger partial charge in [0.1, 0.15) is 5.76 Å². The third kappa shape index (κ3) is 4.54. The van der Waals surface area contributed by atoms with Crippen LogP contribution in [0, 0.1) is 0 Å². The van der Waals surface area contributed by atoms with Crippen molar-refractivity contribution in [1.29, 1.82) is 0 Å². The number of nitrogens with one attached hydrogen (secondary N) is 1. The molecule has 0 bridgehead atoms. The van der Waals surface area contributed by atoms with E-state index in [-0.39, 0.29) is 29.4 Å². The fraction of sp³-hybridized carbons (Fsp3) is 0.381. The average molecular weight is 413 g/mol. The summed E-state index contributed by atoms with van der Waals surface area (Å²) in [5.74, 6) is 0.703. The van der Waals surface area contributed by atoms with E-state index in [1.165, 1.54) is 11.8 Å². The van der Waals surface area contributed by atoms with Crippen molar-refractivity contribution in [2.45, 2.75) is 43.6 Å². The molecule has 0 aliphatic carbocycles. The molecule has 1 aromatic carbocycles. The summed E-state index contributed by atoms with van der Waals surface area (Å²) in [6.07, 6.45) is 3.50. The van der Waals surface area contributed by atoms with Gasteiger partial charge in [0.25, 0.3) is 5.56 Å². The minimum absolute atomic E-state index is 0.00261. The van der Waals surface area contributed by atoms with Gasteiger partial charge in [0.15, 0.2) is 5.16 Å². The molecule has 3 heterocycles. The number of thioether (sulfide) groups is 1. The molecule has 0 saturated carbocycles. The lowest BCUT2D eigenvalue weighted by Crippen LogP contribution is -2.30. The maximum absolute atomic E-state index is 13.1. The van der Waals surface area contributed by atoms with Crippen molar-refractivity contribution in [3.63, 3.8) is 0 Å². The van der Waals surface area contributed by atoms with Crippen LogP contribution in [0.1, 0.15) is 31.6 Å². The van der Waals surface area contributed by atoms with Crippen molar-refractivity contribution < 1.29 is 13.9 Å². The van der Waals surface area contributed by atoms with Gasteiger partial charge in [0, 0.05) is 6.61 Å². The van der Waals surface area contributed by atoms with Gasteiger partial charge in [-0.15, -0.1) is 0 Å². The second-order valence-corrected chi connectivity index (χ2v) is 8.00. The molecule has 1 amide bonds. The maximum atomic E-state index is 13.1. The minimum atomic E-state index is -0.225. The summed E-state index contributed by atoms with van der Waals surface area (Å²) in [4.78, 5) is 30.1. The molecule has 0 spiro atoms. The van der Waals surface area contributed by atoms with Crippen LogP contribution in [0.2, 0.25) is 0 Å². The highest BCUT2D eigenvalue weighted by molar-refractivity contribution is 7.99. The first kappa shape index (κ1) is 19.7. The average Bonchev–Trinajstić information content (AvgIpc) is 3.43. The highest BCUT2D eigenvalue weighted by Crippen LogP contribution is 2.21. The molecule has 152 valence electrons. The van der Waals surface area contributed by atoms with E-state index in [1.807, 2.05) is 31.2 Å². The zero-order chi connectivity index (χ0) is 20.2. The molecule has 0 radical (unpaired) electrons. The van der Waals surface area contributed by atoms with Crippen molar-refractivity contribution in [2.75, 3.05) is 12.4 Å². The molecule has 3 aromatic rings. The first-order valence-electron chi connectivity index (χ1n) is 9.68. The number of hydrogen-bond acceptors (Lipinski definition) is 6. The molecule has 1 N–H and O–H groups in total. The summed E-state index contributed by atoms with van der Waals surface area (Å²) in [5, 5.41) is 4.01. The summed E-state index contributed by atoms with van der Waals surface area (Å²) in [6.45, 7) is 3.03. The topological polar surface area (TPSA) is 86.4 Å². The first-order valence-corrected chi connectivity index (χ1v) is 10.7. The Balaban J connectivity index is 1.53. The normalized spacial score (nSPS) is 17.5. The molecule has 4 rings (SSSR count). The number of benzene rings is 1. The lowest BCUT2D eigenvalue weighted by molar-refractivity contribution is -0.119. The number of carbonyl (C=O) groups is 1. The molecule has 1 aliphatic rings. The summed E-state index contributed by atoms with van der Waals surface area (Å²) in [7, 11) is 0. The number of rotatable bonds is 7. The molecule has 1 aliphatic heterocycles. The van der Waals surface area contributed by atoms with Gasteiger partial charge in [-0.2, -0.15) is 0 Å². The second-order valence-electron chi connectivity index (χ2n) is 7.06. The van der Waals surface area contributed by atoms with E-state index in [9.17, 15) is 9.59 Å². The van der Waals surface area contributed by atoms with Gasteiger partial charge in [0.05, 0.1) is 41.6 Å². The molecule has 0 unspecified atom stereocenters. The minimum Gasteiger partial charge on any atom is -0.467 e. The summed E-state index contributed by atoms with van der Waals surface area (Å²) >= 11 is 1.26. The monoisotopic (exact) mass is 413 g/mol. The maximum Gasteiger partial charge on any atom is 0.262 e. The van der Waals surface area contributed by atoms with E-state index in [4.69, 9.17) is 9.15 Å². The van der Waals surface area contributed by atoms with Gasteiger partial charge in [0.2, 0.25) is 5.91 Å². The second kappa shape index (κ2) is 8.84. The zero-order valence-electron chi connectivity index (χ0n) is 16.2. The van der Waals surface area contributed by atoms with E-state index in [0.717, 1.165) is 19.4 Å². The van der Waals surface area contributed by atoms with Crippen LogP contribution >= 0.6 is 11.8 Å². The molecule has 1 saturated heterocycles. The van der Waals surface area contributed by atoms with Gasteiger partial charge >= 0.3 is 0 Å². The Bertz CT molecular complexity index is 1040. The van der Waals surface area contributed by atoms with Crippen LogP contribution in [0.5, 0.6) is 0 Å². The number of hydrogen-bond donors (Lipinski definition) is 1. The van der Waals surface area contributed by atoms with Crippen LogP contribution in [-0.4, -0.2) is 33.9 Å². The molecular formula is C21H23N3O4S. The van der Waals surface area contributed by atoms with Crippen LogP contribution < -0.4 is 10.9 Å². The zero-order valence-corrected chi connectivity index (χ0v) is 17.0. The Hall–Kier alpha value is -2.58. The van der Waals surface area contributed by atoms with Crippen LogP contribution in [0.15, 0.2) is 57.0 Å². The van der Waals surface area contributed by atoms with Gasteiger partial charge in [-0.25, -0.2) is 4.98 Å². The van der Waals surface area contributed by atoms with Crippen molar-refractivity contribution >= 4 is 28.6 Å². The Labute approximate surface area is 172 Å². The molecule has 8 heteroatoms. The fourth-order valence-corrected chi connectivity index (χ4v) is 4.25. The number of para-hydroxylation sites is 1. The highest BCUT2D eigenvalue weighted by atomic mass is 32.2. The predicted octanol–water partition coefficient (Wildman–Crippen LogP) is 3.14.